The fraction of sp³-hybridized carbons (Fsp3) is 0.391. The van der Waals surface area contributed by atoms with E-state index >= 15 is 0 Å². The Kier molecular flexibility index (Phi) is 6.49. The maximum absolute atomic E-state index is 12.6. The van der Waals surface area contributed by atoms with E-state index in [-0.39, 0.29) is 18.0 Å². The first kappa shape index (κ1) is 20.2. The van der Waals surface area contributed by atoms with Crippen LogP contribution < -0.4 is 10.1 Å². The Morgan fingerprint density at radius 3 is 2.33 bits per heavy atom. The van der Waals surface area contributed by atoms with Crippen molar-refractivity contribution in [2.75, 3.05) is 38.1 Å². The van der Waals surface area contributed by atoms with Crippen LogP contribution in [0.15, 0.2) is 54.6 Å². The SMILES string of the molecule is O=C(Nc1ccc(OCc2ccccc2)cc1)N1CCN(C(=O)C2CCCO2)CC1. The highest BCUT2D eigenvalue weighted by Gasteiger charge is 2.31. The maximum Gasteiger partial charge on any atom is 0.321 e. The summed E-state index contributed by atoms with van der Waals surface area (Å²) >= 11 is 0. The predicted molar refractivity (Wildman–Crippen MR) is 113 cm³/mol. The summed E-state index contributed by atoms with van der Waals surface area (Å²) in [5, 5.41) is 2.92. The summed E-state index contributed by atoms with van der Waals surface area (Å²) in [6, 6.07) is 17.2. The number of hydrogen-bond acceptors (Lipinski definition) is 4. The van der Waals surface area contributed by atoms with Gasteiger partial charge in [-0.15, -0.1) is 0 Å². The van der Waals surface area contributed by atoms with Crippen LogP contribution in [0.3, 0.4) is 0 Å². The molecular formula is C23H27N3O4. The first-order valence-corrected chi connectivity index (χ1v) is 10.4. The van der Waals surface area contributed by atoms with Gasteiger partial charge in [-0.05, 0) is 42.7 Å². The highest BCUT2D eigenvalue weighted by atomic mass is 16.5. The van der Waals surface area contributed by atoms with Gasteiger partial charge in [-0.2, -0.15) is 0 Å². The van der Waals surface area contributed by atoms with Gasteiger partial charge in [0.05, 0.1) is 0 Å². The van der Waals surface area contributed by atoms with E-state index in [1.165, 1.54) is 0 Å². The molecule has 3 amide bonds. The highest BCUT2D eigenvalue weighted by molar-refractivity contribution is 5.89. The van der Waals surface area contributed by atoms with E-state index in [0.29, 0.717) is 45.1 Å². The van der Waals surface area contributed by atoms with Crippen molar-refractivity contribution in [2.24, 2.45) is 0 Å². The fourth-order valence-corrected chi connectivity index (χ4v) is 3.68. The average Bonchev–Trinajstić information content (AvgIpc) is 3.34. The number of benzene rings is 2. The molecule has 2 heterocycles. The van der Waals surface area contributed by atoms with E-state index in [9.17, 15) is 9.59 Å². The van der Waals surface area contributed by atoms with Gasteiger partial charge in [-0.1, -0.05) is 30.3 Å². The molecule has 2 aliphatic rings. The minimum absolute atomic E-state index is 0.0543. The quantitative estimate of drug-likeness (QED) is 0.824. The van der Waals surface area contributed by atoms with Crippen LogP contribution in [0.1, 0.15) is 18.4 Å². The van der Waals surface area contributed by atoms with Gasteiger partial charge in [0.2, 0.25) is 0 Å². The number of rotatable bonds is 5. The van der Waals surface area contributed by atoms with Crippen LogP contribution >= 0.6 is 0 Å². The van der Waals surface area contributed by atoms with Crippen molar-refractivity contribution in [3.63, 3.8) is 0 Å². The van der Waals surface area contributed by atoms with Crippen LogP contribution in [0, 0.1) is 0 Å². The molecular weight excluding hydrogens is 382 g/mol. The third-order valence-electron chi connectivity index (χ3n) is 5.44. The van der Waals surface area contributed by atoms with Gasteiger partial charge in [0.25, 0.3) is 5.91 Å². The minimum Gasteiger partial charge on any atom is -0.489 e. The summed E-state index contributed by atoms with van der Waals surface area (Å²) in [4.78, 5) is 28.5. The summed E-state index contributed by atoms with van der Waals surface area (Å²) < 4.78 is 11.3. The van der Waals surface area contributed by atoms with Crippen LogP contribution in [-0.4, -0.2) is 60.6 Å². The van der Waals surface area contributed by atoms with Crippen LogP contribution in [-0.2, 0) is 16.1 Å². The number of nitrogens with zero attached hydrogens (tertiary/aromatic N) is 2. The number of carbonyl (C=O) groups excluding carboxylic acids is 2. The van der Waals surface area contributed by atoms with E-state index in [0.717, 1.165) is 24.2 Å². The molecule has 2 aromatic carbocycles. The van der Waals surface area contributed by atoms with E-state index in [4.69, 9.17) is 9.47 Å². The Balaban J connectivity index is 1.22. The molecule has 0 spiro atoms. The molecule has 2 aliphatic heterocycles. The van der Waals surface area contributed by atoms with Crippen molar-refractivity contribution in [1.82, 2.24) is 9.80 Å². The van der Waals surface area contributed by atoms with E-state index in [2.05, 4.69) is 5.32 Å². The summed E-state index contributed by atoms with van der Waals surface area (Å²) in [6.45, 7) is 3.28. The molecule has 7 nitrogen and oxygen atoms in total. The molecule has 30 heavy (non-hydrogen) atoms. The number of anilines is 1. The topological polar surface area (TPSA) is 71.1 Å². The standard InChI is InChI=1S/C23H27N3O4/c27-22(21-7-4-16-29-21)25-12-14-26(15-13-25)23(28)24-19-8-10-20(11-9-19)30-17-18-5-2-1-3-6-18/h1-3,5-6,8-11,21H,4,7,12-17H2,(H,24,28). The van der Waals surface area contributed by atoms with Crippen molar-refractivity contribution in [1.29, 1.82) is 0 Å². The van der Waals surface area contributed by atoms with Crippen LogP contribution in [0.5, 0.6) is 5.75 Å². The summed E-state index contributed by atoms with van der Waals surface area (Å²) in [5.41, 5.74) is 1.82. The first-order chi connectivity index (χ1) is 14.7. The van der Waals surface area contributed by atoms with Gasteiger partial charge in [-0.25, -0.2) is 4.79 Å². The average molecular weight is 409 g/mol. The third kappa shape index (κ3) is 5.10. The highest BCUT2D eigenvalue weighted by Crippen LogP contribution is 2.19. The number of nitrogens with one attached hydrogen (secondary N) is 1. The molecule has 7 heteroatoms. The van der Waals surface area contributed by atoms with Crippen LogP contribution in [0.4, 0.5) is 10.5 Å². The molecule has 0 bridgehead atoms. The lowest BCUT2D eigenvalue weighted by molar-refractivity contribution is -0.142. The van der Waals surface area contributed by atoms with E-state index in [1.54, 1.807) is 9.80 Å². The molecule has 1 atom stereocenters. The molecule has 0 aromatic heterocycles. The maximum atomic E-state index is 12.6. The Hall–Kier alpha value is -3.06. The van der Waals surface area contributed by atoms with Crippen molar-refractivity contribution >= 4 is 17.6 Å². The number of carbonyl (C=O) groups is 2. The number of hydrogen-bond donors (Lipinski definition) is 1. The largest absolute Gasteiger partial charge is 0.489 e. The molecule has 2 saturated heterocycles. The molecule has 2 aromatic rings. The fourth-order valence-electron chi connectivity index (χ4n) is 3.68. The zero-order valence-corrected chi connectivity index (χ0v) is 17.0. The molecule has 0 saturated carbocycles. The lowest BCUT2D eigenvalue weighted by Gasteiger charge is -2.35. The van der Waals surface area contributed by atoms with Crippen molar-refractivity contribution in [2.45, 2.75) is 25.6 Å². The summed E-state index contributed by atoms with van der Waals surface area (Å²) in [7, 11) is 0. The lowest BCUT2D eigenvalue weighted by atomic mass is 10.2. The predicted octanol–water partition coefficient (Wildman–Crippen LogP) is 3.12. The molecule has 0 radical (unpaired) electrons. The number of urea groups is 1. The normalized spacial score (nSPS) is 18.9. The Bertz CT molecular complexity index is 843. The van der Waals surface area contributed by atoms with Gasteiger partial charge >= 0.3 is 6.03 Å². The molecule has 1 N–H and O–H groups in total. The van der Waals surface area contributed by atoms with E-state index < -0.39 is 0 Å². The Morgan fingerprint density at radius 2 is 1.67 bits per heavy atom. The third-order valence-corrected chi connectivity index (χ3v) is 5.44. The number of amides is 3. The Labute approximate surface area is 176 Å². The monoisotopic (exact) mass is 409 g/mol. The smallest absolute Gasteiger partial charge is 0.321 e. The van der Waals surface area contributed by atoms with Gasteiger partial charge < -0.3 is 24.6 Å². The van der Waals surface area contributed by atoms with Gasteiger partial charge in [-0.3, -0.25) is 4.79 Å². The van der Waals surface area contributed by atoms with Crippen molar-refractivity contribution < 1.29 is 19.1 Å². The minimum atomic E-state index is -0.298. The number of ether oxygens (including phenoxy) is 2. The molecule has 1 unspecified atom stereocenters. The van der Waals surface area contributed by atoms with Crippen molar-refractivity contribution in [3.05, 3.63) is 60.2 Å². The lowest BCUT2D eigenvalue weighted by Crippen LogP contribution is -2.53. The second kappa shape index (κ2) is 9.63. The molecule has 4 rings (SSSR count). The van der Waals surface area contributed by atoms with E-state index in [1.807, 2.05) is 54.6 Å². The number of piperazine rings is 1. The summed E-state index contributed by atoms with van der Waals surface area (Å²) in [5.74, 6) is 0.803. The van der Waals surface area contributed by atoms with Crippen molar-refractivity contribution in [3.8, 4) is 5.75 Å². The van der Waals surface area contributed by atoms with Gasteiger partial charge in [0, 0.05) is 38.5 Å². The first-order valence-electron chi connectivity index (χ1n) is 10.4. The van der Waals surface area contributed by atoms with Gasteiger partial charge in [0.15, 0.2) is 0 Å². The molecule has 2 fully saturated rings. The second-order valence-corrected chi connectivity index (χ2v) is 7.54. The molecule has 158 valence electrons. The Morgan fingerprint density at radius 1 is 0.967 bits per heavy atom. The summed E-state index contributed by atoms with van der Waals surface area (Å²) in [6.07, 6.45) is 1.44. The van der Waals surface area contributed by atoms with Gasteiger partial charge in [0.1, 0.15) is 18.5 Å². The van der Waals surface area contributed by atoms with Crippen LogP contribution in [0.25, 0.3) is 0 Å². The van der Waals surface area contributed by atoms with Crippen LogP contribution in [0.2, 0.25) is 0 Å². The zero-order valence-electron chi connectivity index (χ0n) is 17.0. The molecule has 0 aliphatic carbocycles. The second-order valence-electron chi connectivity index (χ2n) is 7.54. The zero-order chi connectivity index (χ0) is 20.8.